The number of carbonyl (C=O) groups is 2. The highest BCUT2D eigenvalue weighted by molar-refractivity contribution is 6.04. The summed E-state index contributed by atoms with van der Waals surface area (Å²) in [6.07, 6.45) is -2.38. The van der Waals surface area contributed by atoms with Gasteiger partial charge in [0.25, 0.3) is 5.91 Å². The number of hydrogen-bond acceptors (Lipinski definition) is 6. The quantitative estimate of drug-likeness (QED) is 0.392. The summed E-state index contributed by atoms with van der Waals surface area (Å²) < 4.78 is 46.4. The summed E-state index contributed by atoms with van der Waals surface area (Å²) in [7, 11) is 0. The van der Waals surface area contributed by atoms with E-state index in [9.17, 15) is 22.8 Å². The van der Waals surface area contributed by atoms with Crippen molar-refractivity contribution in [1.82, 2.24) is 24.5 Å². The van der Waals surface area contributed by atoms with Crippen LogP contribution in [0.1, 0.15) is 44.6 Å². The van der Waals surface area contributed by atoms with Gasteiger partial charge in [-0.2, -0.15) is 28.1 Å². The predicted molar refractivity (Wildman–Crippen MR) is 123 cm³/mol. The molecule has 0 spiro atoms. The Kier molecular flexibility index (Phi) is 6.60. The maximum atomic E-state index is 12.9. The van der Waals surface area contributed by atoms with Crippen LogP contribution in [0.5, 0.6) is 0 Å². The molecule has 0 unspecified atom stereocenters. The van der Waals surface area contributed by atoms with Gasteiger partial charge in [-0.1, -0.05) is 0 Å². The molecule has 36 heavy (non-hydrogen) atoms. The van der Waals surface area contributed by atoms with Crippen LogP contribution in [-0.2, 0) is 10.9 Å². The summed E-state index contributed by atoms with van der Waals surface area (Å²) in [5.74, 6) is -0.560. The number of rotatable bonds is 6. The molecular formula is C24H21F3N6O3. The molecule has 1 amide bonds. The Labute approximate surface area is 203 Å². The maximum Gasteiger partial charge on any atom is 0.417 e. The van der Waals surface area contributed by atoms with Crippen molar-refractivity contribution in [1.29, 1.82) is 0 Å². The van der Waals surface area contributed by atoms with E-state index in [1.807, 2.05) is 0 Å². The van der Waals surface area contributed by atoms with E-state index < -0.39 is 23.6 Å². The fourth-order valence-corrected chi connectivity index (χ4v) is 3.46. The molecule has 1 N–H and O–H groups in total. The summed E-state index contributed by atoms with van der Waals surface area (Å²) >= 11 is 0. The molecule has 3 aromatic heterocycles. The van der Waals surface area contributed by atoms with Crippen molar-refractivity contribution in [2.75, 3.05) is 11.9 Å². The van der Waals surface area contributed by atoms with Crippen LogP contribution in [0, 0.1) is 13.8 Å². The third-order valence-corrected chi connectivity index (χ3v) is 5.24. The number of aromatic nitrogens is 5. The average Bonchev–Trinajstić information content (AvgIpc) is 3.41. The lowest BCUT2D eigenvalue weighted by atomic mass is 10.2. The van der Waals surface area contributed by atoms with Gasteiger partial charge in [0.15, 0.2) is 5.82 Å². The second-order valence-electron chi connectivity index (χ2n) is 7.76. The first-order valence-electron chi connectivity index (χ1n) is 10.8. The second-order valence-corrected chi connectivity index (χ2v) is 7.76. The van der Waals surface area contributed by atoms with E-state index in [0.29, 0.717) is 34.4 Å². The molecule has 0 saturated heterocycles. The molecule has 1 aromatic carbocycles. The molecule has 0 aliphatic rings. The number of halogens is 3. The topological polar surface area (TPSA) is 104 Å². The highest BCUT2D eigenvalue weighted by Gasteiger charge is 2.31. The molecule has 0 fully saturated rings. The van der Waals surface area contributed by atoms with E-state index in [1.54, 1.807) is 55.8 Å². The number of amides is 1. The molecule has 12 heteroatoms. The van der Waals surface area contributed by atoms with Gasteiger partial charge in [-0.3, -0.25) is 4.79 Å². The zero-order chi connectivity index (χ0) is 26.0. The van der Waals surface area contributed by atoms with Gasteiger partial charge >= 0.3 is 12.1 Å². The lowest BCUT2D eigenvalue weighted by molar-refractivity contribution is -0.137. The van der Waals surface area contributed by atoms with Gasteiger partial charge < -0.3 is 10.1 Å². The minimum atomic E-state index is -4.51. The minimum Gasteiger partial charge on any atom is -0.462 e. The number of aryl methyl sites for hydroxylation is 1. The summed E-state index contributed by atoms with van der Waals surface area (Å²) in [4.78, 5) is 28.7. The van der Waals surface area contributed by atoms with Crippen molar-refractivity contribution in [2.24, 2.45) is 0 Å². The Bertz CT molecular complexity index is 1410. The Morgan fingerprint density at radius 3 is 2.36 bits per heavy atom. The fourth-order valence-electron chi connectivity index (χ4n) is 3.46. The third-order valence-electron chi connectivity index (χ3n) is 5.24. The first-order chi connectivity index (χ1) is 17.1. The van der Waals surface area contributed by atoms with Gasteiger partial charge in [-0.25, -0.2) is 14.5 Å². The number of benzene rings is 1. The van der Waals surface area contributed by atoms with Crippen LogP contribution in [0.3, 0.4) is 0 Å². The molecule has 0 aliphatic heterocycles. The van der Waals surface area contributed by atoms with Gasteiger partial charge in [0.1, 0.15) is 11.4 Å². The average molecular weight is 498 g/mol. The van der Waals surface area contributed by atoms with Crippen molar-refractivity contribution in [3.63, 3.8) is 0 Å². The molecule has 0 bridgehead atoms. The van der Waals surface area contributed by atoms with Gasteiger partial charge in [0.05, 0.1) is 35.4 Å². The number of ether oxygens (including phenoxy) is 1. The zero-order valence-electron chi connectivity index (χ0n) is 19.5. The number of pyridine rings is 1. The summed E-state index contributed by atoms with van der Waals surface area (Å²) in [5.41, 5.74) is 1.54. The highest BCUT2D eigenvalue weighted by Crippen LogP contribution is 2.29. The van der Waals surface area contributed by atoms with E-state index in [4.69, 9.17) is 4.74 Å². The summed E-state index contributed by atoms with van der Waals surface area (Å²) in [6, 6.07) is 10.2. The smallest absolute Gasteiger partial charge is 0.417 e. The van der Waals surface area contributed by atoms with Gasteiger partial charge in [-0.05, 0) is 57.2 Å². The van der Waals surface area contributed by atoms with Crippen molar-refractivity contribution in [3.05, 3.63) is 82.9 Å². The molecule has 0 atom stereocenters. The number of nitrogens with zero attached hydrogens (tertiary/aromatic N) is 5. The van der Waals surface area contributed by atoms with Crippen LogP contribution in [0.4, 0.5) is 19.0 Å². The number of alkyl halides is 3. The molecule has 3 heterocycles. The number of hydrogen-bond donors (Lipinski definition) is 1. The number of carbonyl (C=O) groups excluding carboxylic acids is 2. The lowest BCUT2D eigenvalue weighted by Crippen LogP contribution is -2.16. The normalized spacial score (nSPS) is 11.4. The van der Waals surface area contributed by atoms with Gasteiger partial charge in [0, 0.05) is 17.8 Å². The number of esters is 1. The van der Waals surface area contributed by atoms with Crippen molar-refractivity contribution in [2.45, 2.75) is 26.9 Å². The Morgan fingerprint density at radius 2 is 1.75 bits per heavy atom. The summed E-state index contributed by atoms with van der Waals surface area (Å²) in [6.45, 7) is 5.39. The highest BCUT2D eigenvalue weighted by atomic mass is 19.4. The molecular weight excluding hydrogens is 477 g/mol. The molecule has 4 aromatic rings. The van der Waals surface area contributed by atoms with Crippen molar-refractivity contribution in [3.8, 4) is 11.5 Å². The monoisotopic (exact) mass is 498 g/mol. The SMILES string of the molecule is CCOC(=O)c1cnn(-c2ccc(C(=O)Nc3cc(C)nn3-c3ccc(C(F)(F)F)cn3)cc2)c1C. The van der Waals surface area contributed by atoms with E-state index in [1.165, 1.54) is 16.9 Å². The van der Waals surface area contributed by atoms with Crippen LogP contribution in [0.15, 0.2) is 54.9 Å². The predicted octanol–water partition coefficient (Wildman–Crippen LogP) is 4.52. The zero-order valence-corrected chi connectivity index (χ0v) is 19.5. The second kappa shape index (κ2) is 9.64. The fraction of sp³-hybridized carbons (Fsp3) is 0.208. The molecule has 0 saturated carbocycles. The Balaban J connectivity index is 1.53. The molecule has 9 nitrogen and oxygen atoms in total. The number of nitrogens with one attached hydrogen (secondary N) is 1. The lowest BCUT2D eigenvalue weighted by Gasteiger charge is -2.11. The minimum absolute atomic E-state index is 0.119. The molecule has 0 radical (unpaired) electrons. The van der Waals surface area contributed by atoms with E-state index in [2.05, 4.69) is 20.5 Å². The standard InChI is InChI=1S/C24H21F3N6O3/c1-4-36-23(35)19-13-29-32(15(19)3)18-8-5-16(6-9-18)22(34)30-21-11-14(2)31-33(21)20-10-7-17(12-28-20)24(25,26)27/h5-13H,4H2,1-3H3,(H,30,34). The third kappa shape index (κ3) is 4.97. The van der Waals surface area contributed by atoms with E-state index in [0.717, 1.165) is 6.07 Å². The van der Waals surface area contributed by atoms with Crippen LogP contribution >= 0.6 is 0 Å². The molecule has 0 aliphatic carbocycles. The molecule has 4 rings (SSSR count). The Morgan fingerprint density at radius 1 is 1.03 bits per heavy atom. The number of anilines is 1. The van der Waals surface area contributed by atoms with Crippen LogP contribution in [-0.4, -0.2) is 43.0 Å². The summed E-state index contributed by atoms with van der Waals surface area (Å²) in [5, 5.41) is 11.2. The van der Waals surface area contributed by atoms with Crippen LogP contribution in [0.2, 0.25) is 0 Å². The first kappa shape index (κ1) is 24.6. The first-order valence-corrected chi connectivity index (χ1v) is 10.8. The molecule has 186 valence electrons. The van der Waals surface area contributed by atoms with Gasteiger partial charge in [-0.15, -0.1) is 0 Å². The van der Waals surface area contributed by atoms with Gasteiger partial charge in [0.2, 0.25) is 0 Å². The van der Waals surface area contributed by atoms with E-state index in [-0.39, 0.29) is 18.2 Å². The van der Waals surface area contributed by atoms with Crippen molar-refractivity contribution >= 4 is 17.7 Å². The maximum absolute atomic E-state index is 12.9. The van der Waals surface area contributed by atoms with Crippen LogP contribution < -0.4 is 5.32 Å². The van der Waals surface area contributed by atoms with Crippen LogP contribution in [0.25, 0.3) is 11.5 Å². The Hall–Kier alpha value is -4.48. The largest absolute Gasteiger partial charge is 0.462 e. The van der Waals surface area contributed by atoms with Crippen molar-refractivity contribution < 1.29 is 27.5 Å². The van der Waals surface area contributed by atoms with E-state index >= 15 is 0 Å².